The maximum absolute atomic E-state index is 12.6. The van der Waals surface area contributed by atoms with Gasteiger partial charge in [-0.25, -0.2) is 18.6 Å². The van der Waals surface area contributed by atoms with Crippen LogP contribution in [0.2, 0.25) is 0 Å². The molecule has 0 saturated carbocycles. The van der Waals surface area contributed by atoms with Gasteiger partial charge in [0, 0.05) is 0 Å². The van der Waals surface area contributed by atoms with Crippen LogP contribution < -0.4 is 5.73 Å². The number of rotatable bonds is 3. The molecular weight excluding hydrogens is 222 g/mol. The summed E-state index contributed by atoms with van der Waals surface area (Å²) in [4.78, 5) is 14.7. The lowest BCUT2D eigenvalue weighted by Gasteiger charge is -2.10. The molecule has 0 atom stereocenters. The van der Waals surface area contributed by atoms with Crippen molar-refractivity contribution in [3.63, 3.8) is 0 Å². The van der Waals surface area contributed by atoms with Gasteiger partial charge >= 0.3 is 5.97 Å². The molecule has 0 aromatic carbocycles. The molecule has 0 fully saturated rings. The second-order valence-corrected chi connectivity index (χ2v) is 2.84. The van der Waals surface area contributed by atoms with Crippen molar-refractivity contribution in [2.24, 2.45) is 0 Å². The number of ether oxygens (including phenoxy) is 1. The molecule has 1 aromatic rings. The third-order valence-electron chi connectivity index (χ3n) is 1.82. The van der Waals surface area contributed by atoms with Crippen molar-refractivity contribution < 1.29 is 23.4 Å². The molecule has 7 heteroatoms. The number of halogens is 2. The number of nitrogens with two attached hydrogens (primary N) is 1. The fourth-order valence-electron chi connectivity index (χ4n) is 1.11. The van der Waals surface area contributed by atoms with Gasteiger partial charge in [-0.2, -0.15) is 0 Å². The molecule has 1 rings (SSSR count). The quantitative estimate of drug-likeness (QED) is 0.771. The van der Waals surface area contributed by atoms with Gasteiger partial charge in [0.25, 0.3) is 6.43 Å². The van der Waals surface area contributed by atoms with Crippen LogP contribution in [0.25, 0.3) is 0 Å². The number of carbonyl (C=O) groups is 1. The lowest BCUT2D eigenvalue weighted by molar-refractivity contribution is 0.0508. The summed E-state index contributed by atoms with van der Waals surface area (Å²) >= 11 is 0. The first kappa shape index (κ1) is 12.2. The van der Waals surface area contributed by atoms with Crippen LogP contribution in [0.15, 0.2) is 6.20 Å². The third-order valence-corrected chi connectivity index (χ3v) is 1.82. The first-order valence-electron chi connectivity index (χ1n) is 4.41. The van der Waals surface area contributed by atoms with E-state index in [9.17, 15) is 13.6 Å². The molecule has 0 spiro atoms. The van der Waals surface area contributed by atoms with Gasteiger partial charge in [0.05, 0.1) is 24.1 Å². The highest BCUT2D eigenvalue weighted by Gasteiger charge is 2.25. The van der Waals surface area contributed by atoms with Crippen molar-refractivity contribution in [3.05, 3.63) is 17.5 Å². The van der Waals surface area contributed by atoms with E-state index in [1.807, 2.05) is 0 Å². The van der Waals surface area contributed by atoms with E-state index in [1.165, 1.54) is 6.92 Å². The summed E-state index contributed by atoms with van der Waals surface area (Å²) in [6.07, 6.45) is -2.19. The van der Waals surface area contributed by atoms with Crippen molar-refractivity contribution in [1.29, 1.82) is 0 Å². The molecule has 88 valence electrons. The van der Waals surface area contributed by atoms with Crippen LogP contribution in [0.3, 0.4) is 0 Å². The summed E-state index contributed by atoms with van der Waals surface area (Å²) in [7, 11) is 0. The van der Waals surface area contributed by atoms with Crippen LogP contribution in [0.5, 0.6) is 5.75 Å². The summed E-state index contributed by atoms with van der Waals surface area (Å²) in [5.74, 6) is -1.59. The molecular formula is C9H10F2N2O3. The summed E-state index contributed by atoms with van der Waals surface area (Å²) < 4.78 is 29.8. The largest absolute Gasteiger partial charge is 0.504 e. The highest BCUT2D eigenvalue weighted by Crippen LogP contribution is 2.33. The Hall–Kier alpha value is -1.92. The van der Waals surface area contributed by atoms with Gasteiger partial charge in [0.1, 0.15) is 0 Å². The minimum atomic E-state index is -3.01. The Labute approximate surface area is 89.9 Å². The van der Waals surface area contributed by atoms with Crippen molar-refractivity contribution in [1.82, 2.24) is 4.98 Å². The number of hydrogen-bond donors (Lipinski definition) is 2. The van der Waals surface area contributed by atoms with Crippen molar-refractivity contribution >= 4 is 11.7 Å². The van der Waals surface area contributed by atoms with Crippen molar-refractivity contribution in [2.45, 2.75) is 13.3 Å². The molecule has 1 aromatic heterocycles. The van der Waals surface area contributed by atoms with E-state index in [2.05, 4.69) is 9.72 Å². The van der Waals surface area contributed by atoms with E-state index < -0.39 is 35.1 Å². The molecule has 3 N–H and O–H groups in total. The lowest BCUT2D eigenvalue weighted by atomic mass is 10.1. The zero-order valence-electron chi connectivity index (χ0n) is 8.41. The highest BCUT2D eigenvalue weighted by molar-refractivity contribution is 5.91. The van der Waals surface area contributed by atoms with E-state index in [1.54, 1.807) is 0 Å². The predicted octanol–water partition coefficient (Wildman–Crippen LogP) is 1.48. The Morgan fingerprint density at radius 1 is 1.69 bits per heavy atom. The normalized spacial score (nSPS) is 10.5. The maximum Gasteiger partial charge on any atom is 0.357 e. The summed E-state index contributed by atoms with van der Waals surface area (Å²) in [6, 6.07) is 0. The fourth-order valence-corrected chi connectivity index (χ4v) is 1.11. The van der Waals surface area contributed by atoms with E-state index >= 15 is 0 Å². The molecule has 0 aliphatic carbocycles. The zero-order chi connectivity index (χ0) is 12.3. The van der Waals surface area contributed by atoms with Gasteiger partial charge in [-0.05, 0) is 6.92 Å². The Morgan fingerprint density at radius 3 is 2.81 bits per heavy atom. The Bertz CT molecular complexity index is 410. The molecule has 0 amide bonds. The van der Waals surface area contributed by atoms with Gasteiger partial charge in [-0.3, -0.25) is 0 Å². The smallest absolute Gasteiger partial charge is 0.357 e. The van der Waals surface area contributed by atoms with Crippen molar-refractivity contribution in [3.8, 4) is 5.75 Å². The minimum Gasteiger partial charge on any atom is -0.504 e. The van der Waals surface area contributed by atoms with Crippen molar-refractivity contribution in [2.75, 3.05) is 12.3 Å². The first-order chi connectivity index (χ1) is 7.49. The highest BCUT2D eigenvalue weighted by atomic mass is 19.3. The Morgan fingerprint density at radius 2 is 2.31 bits per heavy atom. The molecule has 0 bridgehead atoms. The number of nitrogens with zero attached hydrogens (tertiary/aromatic N) is 1. The van der Waals surface area contributed by atoms with E-state index in [0.717, 1.165) is 6.20 Å². The number of anilines is 1. The average molecular weight is 232 g/mol. The van der Waals surface area contributed by atoms with Gasteiger partial charge in [-0.15, -0.1) is 0 Å². The summed E-state index contributed by atoms with van der Waals surface area (Å²) in [5.41, 5.74) is 3.29. The number of aromatic hydroxyl groups is 1. The third kappa shape index (κ3) is 2.18. The van der Waals surface area contributed by atoms with Crippen LogP contribution >= 0.6 is 0 Å². The predicted molar refractivity (Wildman–Crippen MR) is 51.2 cm³/mol. The number of alkyl halides is 2. The SMILES string of the molecule is CCOC(=O)c1ncc(O)c(N)c1C(F)F. The monoisotopic (exact) mass is 232 g/mol. The topological polar surface area (TPSA) is 85.4 Å². The van der Waals surface area contributed by atoms with E-state index in [0.29, 0.717) is 0 Å². The van der Waals surface area contributed by atoms with Crippen LogP contribution in [-0.4, -0.2) is 22.7 Å². The van der Waals surface area contributed by atoms with Crippen LogP contribution in [-0.2, 0) is 4.74 Å². The van der Waals surface area contributed by atoms with Gasteiger partial charge in [0.15, 0.2) is 11.4 Å². The fraction of sp³-hybridized carbons (Fsp3) is 0.333. The number of aromatic nitrogens is 1. The summed E-state index contributed by atoms with van der Waals surface area (Å²) in [5, 5.41) is 9.11. The molecule has 1 heterocycles. The van der Waals surface area contributed by atoms with Gasteiger partial charge in [0.2, 0.25) is 0 Å². The average Bonchev–Trinajstić information content (AvgIpc) is 2.21. The second kappa shape index (κ2) is 4.73. The number of nitrogen functional groups attached to an aromatic ring is 1. The van der Waals surface area contributed by atoms with Crippen LogP contribution in [0.1, 0.15) is 29.4 Å². The van der Waals surface area contributed by atoms with E-state index in [4.69, 9.17) is 10.8 Å². The standard InChI is InChI=1S/C9H10F2N2O3/c1-2-16-9(15)7-5(8(10)11)6(12)4(14)3-13-7/h3,8,14H,2H2,1H3,(H2,12,13). The van der Waals surface area contributed by atoms with E-state index in [-0.39, 0.29) is 6.61 Å². The van der Waals surface area contributed by atoms with Gasteiger partial charge < -0.3 is 15.6 Å². The lowest BCUT2D eigenvalue weighted by Crippen LogP contribution is -2.13. The minimum absolute atomic E-state index is 0.0317. The zero-order valence-corrected chi connectivity index (χ0v) is 8.41. The number of esters is 1. The number of hydrogen-bond acceptors (Lipinski definition) is 5. The van der Waals surface area contributed by atoms with Gasteiger partial charge in [-0.1, -0.05) is 0 Å². The number of pyridine rings is 1. The second-order valence-electron chi connectivity index (χ2n) is 2.84. The molecule has 0 aliphatic rings. The van der Waals surface area contributed by atoms with Crippen LogP contribution in [0, 0.1) is 0 Å². The molecule has 0 unspecified atom stereocenters. The Kier molecular flexibility index (Phi) is 3.60. The molecule has 5 nitrogen and oxygen atoms in total. The molecule has 0 radical (unpaired) electrons. The molecule has 0 aliphatic heterocycles. The molecule has 16 heavy (non-hydrogen) atoms. The first-order valence-corrected chi connectivity index (χ1v) is 4.41. The Balaban J connectivity index is 3.28. The van der Waals surface area contributed by atoms with Crippen LogP contribution in [0.4, 0.5) is 14.5 Å². The summed E-state index contributed by atoms with van der Waals surface area (Å²) in [6.45, 7) is 1.56. The number of carbonyl (C=O) groups excluding carboxylic acids is 1. The maximum atomic E-state index is 12.6. The molecule has 0 saturated heterocycles.